The van der Waals surface area contributed by atoms with Gasteiger partial charge in [-0.05, 0) is 49.2 Å². The topological polar surface area (TPSA) is 21.3 Å². The zero-order valence-electron chi connectivity index (χ0n) is 12.2. The molecule has 0 bridgehead atoms. The molecular weight excluding hydrogens is 254 g/mol. The molecule has 2 nitrogen and oxygen atoms in total. The summed E-state index contributed by atoms with van der Waals surface area (Å²) in [5.41, 5.74) is 1.29. The molecule has 19 heavy (non-hydrogen) atoms. The summed E-state index contributed by atoms with van der Waals surface area (Å²) in [6.07, 6.45) is 2.00. The third kappa shape index (κ3) is 2.83. The average molecular weight is 277 g/mol. The summed E-state index contributed by atoms with van der Waals surface area (Å²) in [7, 11) is 3.83. The van der Waals surface area contributed by atoms with Gasteiger partial charge in [0.25, 0.3) is 0 Å². The van der Waals surface area contributed by atoms with Crippen molar-refractivity contribution in [3.8, 4) is 0 Å². The van der Waals surface area contributed by atoms with E-state index in [0.29, 0.717) is 6.04 Å². The predicted molar refractivity (Wildman–Crippen MR) is 84.1 cm³/mol. The number of thiophene rings is 1. The minimum absolute atomic E-state index is 0.127. The lowest BCUT2D eigenvalue weighted by atomic mass is 9.88. The molecule has 1 aromatic carbocycles. The number of likely N-dealkylation sites (N-methyl/N-ethyl adjacent to an activating group) is 1. The molecule has 3 heteroatoms. The lowest BCUT2D eigenvalue weighted by Gasteiger charge is -2.35. The molecule has 1 aromatic heterocycles. The second-order valence-corrected chi connectivity index (χ2v) is 6.08. The van der Waals surface area contributed by atoms with Crippen LogP contribution in [0, 0.1) is 0 Å². The summed E-state index contributed by atoms with van der Waals surface area (Å²) in [4.78, 5) is 0. The summed E-state index contributed by atoms with van der Waals surface area (Å²) in [5, 5.41) is 7.08. The van der Waals surface area contributed by atoms with Crippen molar-refractivity contribution < 1.29 is 4.74 Å². The number of nitrogens with one attached hydrogen (secondary N) is 1. The fourth-order valence-electron chi connectivity index (χ4n) is 2.57. The fraction of sp³-hybridized carbons (Fsp3) is 0.500. The molecule has 0 radical (unpaired) electrons. The normalized spacial score (nSPS) is 16.4. The molecule has 0 saturated heterocycles. The van der Waals surface area contributed by atoms with Gasteiger partial charge in [0.15, 0.2) is 0 Å². The SMILES string of the molecule is CCC(C)(OC)C(Cc1csc2ccccc12)NC. The van der Waals surface area contributed by atoms with E-state index in [2.05, 4.69) is 48.8 Å². The highest BCUT2D eigenvalue weighted by Gasteiger charge is 2.31. The monoisotopic (exact) mass is 277 g/mol. The minimum atomic E-state index is -0.127. The van der Waals surface area contributed by atoms with Crippen molar-refractivity contribution in [1.82, 2.24) is 5.32 Å². The van der Waals surface area contributed by atoms with Gasteiger partial charge in [0.05, 0.1) is 5.60 Å². The van der Waals surface area contributed by atoms with E-state index in [-0.39, 0.29) is 5.60 Å². The van der Waals surface area contributed by atoms with E-state index in [9.17, 15) is 0 Å². The van der Waals surface area contributed by atoms with Gasteiger partial charge in [-0.15, -0.1) is 11.3 Å². The molecular formula is C16H23NOS. The summed E-state index contributed by atoms with van der Waals surface area (Å²) >= 11 is 1.82. The third-order valence-electron chi connectivity index (χ3n) is 4.24. The fourth-order valence-corrected chi connectivity index (χ4v) is 3.54. The van der Waals surface area contributed by atoms with Gasteiger partial charge < -0.3 is 10.1 Å². The number of hydrogen-bond acceptors (Lipinski definition) is 3. The van der Waals surface area contributed by atoms with Gasteiger partial charge >= 0.3 is 0 Å². The lowest BCUT2D eigenvalue weighted by Crippen LogP contribution is -2.49. The van der Waals surface area contributed by atoms with Crippen LogP contribution in [-0.4, -0.2) is 25.8 Å². The van der Waals surface area contributed by atoms with Crippen LogP contribution in [0.3, 0.4) is 0 Å². The Morgan fingerprint density at radius 3 is 2.74 bits per heavy atom. The number of ether oxygens (including phenoxy) is 1. The Balaban J connectivity index is 2.28. The van der Waals surface area contributed by atoms with E-state index < -0.39 is 0 Å². The first-order valence-corrected chi connectivity index (χ1v) is 7.70. The van der Waals surface area contributed by atoms with E-state index >= 15 is 0 Å². The molecule has 0 aliphatic heterocycles. The largest absolute Gasteiger partial charge is 0.377 e. The maximum atomic E-state index is 5.74. The summed E-state index contributed by atoms with van der Waals surface area (Å²) in [6.45, 7) is 4.36. The van der Waals surface area contributed by atoms with Crippen LogP contribution in [0.2, 0.25) is 0 Å². The number of hydrogen-bond donors (Lipinski definition) is 1. The molecule has 0 aliphatic rings. The number of methoxy groups -OCH3 is 1. The van der Waals surface area contributed by atoms with Crippen LogP contribution in [-0.2, 0) is 11.2 Å². The van der Waals surface area contributed by atoms with Crippen molar-refractivity contribution in [2.24, 2.45) is 0 Å². The molecule has 0 aliphatic carbocycles. The number of rotatable bonds is 6. The summed E-state index contributed by atoms with van der Waals surface area (Å²) in [6, 6.07) is 8.93. The molecule has 104 valence electrons. The first kappa shape index (κ1) is 14.5. The zero-order chi connectivity index (χ0) is 13.9. The van der Waals surface area contributed by atoms with Crippen LogP contribution >= 0.6 is 11.3 Å². The maximum Gasteiger partial charge on any atom is 0.0803 e. The summed E-state index contributed by atoms with van der Waals surface area (Å²) in [5.74, 6) is 0. The molecule has 0 spiro atoms. The lowest BCUT2D eigenvalue weighted by molar-refractivity contribution is -0.0267. The van der Waals surface area contributed by atoms with Gasteiger partial charge in [-0.25, -0.2) is 0 Å². The maximum absolute atomic E-state index is 5.74. The van der Waals surface area contributed by atoms with Gasteiger partial charge in [-0.1, -0.05) is 25.1 Å². The molecule has 2 unspecified atom stereocenters. The second-order valence-electron chi connectivity index (χ2n) is 5.17. The molecule has 1 heterocycles. The van der Waals surface area contributed by atoms with E-state index in [1.807, 2.05) is 18.4 Å². The van der Waals surface area contributed by atoms with Crippen molar-refractivity contribution in [3.63, 3.8) is 0 Å². The van der Waals surface area contributed by atoms with Crippen LogP contribution in [0.25, 0.3) is 10.1 Å². The second kappa shape index (κ2) is 6.04. The Morgan fingerprint density at radius 1 is 1.37 bits per heavy atom. The molecule has 2 rings (SSSR count). The Hall–Kier alpha value is -0.900. The molecule has 0 saturated carbocycles. The van der Waals surface area contributed by atoms with Gasteiger partial charge in [0, 0.05) is 17.9 Å². The Labute approximate surface area is 119 Å². The molecule has 2 atom stereocenters. The van der Waals surface area contributed by atoms with Crippen molar-refractivity contribution in [2.45, 2.75) is 38.3 Å². The van der Waals surface area contributed by atoms with E-state index in [0.717, 1.165) is 12.8 Å². The Kier molecular flexibility index (Phi) is 4.61. The molecule has 2 aromatic rings. The van der Waals surface area contributed by atoms with Crippen molar-refractivity contribution in [2.75, 3.05) is 14.2 Å². The quantitative estimate of drug-likeness (QED) is 0.866. The van der Waals surface area contributed by atoms with Gasteiger partial charge in [0.1, 0.15) is 0 Å². The van der Waals surface area contributed by atoms with Gasteiger partial charge in [-0.3, -0.25) is 0 Å². The highest BCUT2D eigenvalue weighted by molar-refractivity contribution is 7.17. The minimum Gasteiger partial charge on any atom is -0.377 e. The standard InChI is InChI=1S/C16H23NOS/c1-5-16(2,18-4)15(17-3)10-12-11-19-14-9-7-6-8-13(12)14/h6-9,11,15,17H,5,10H2,1-4H3. The van der Waals surface area contributed by atoms with E-state index in [1.54, 1.807) is 7.11 Å². The molecule has 1 N–H and O–H groups in total. The molecule has 0 amide bonds. The first-order valence-electron chi connectivity index (χ1n) is 6.82. The smallest absolute Gasteiger partial charge is 0.0803 e. The van der Waals surface area contributed by atoms with Gasteiger partial charge in [0.2, 0.25) is 0 Å². The molecule has 0 fully saturated rings. The van der Waals surface area contributed by atoms with Crippen LogP contribution in [0.15, 0.2) is 29.6 Å². The number of benzene rings is 1. The van der Waals surface area contributed by atoms with Crippen molar-refractivity contribution in [1.29, 1.82) is 0 Å². The highest BCUT2D eigenvalue weighted by Crippen LogP contribution is 2.29. The van der Waals surface area contributed by atoms with E-state index in [4.69, 9.17) is 4.74 Å². The van der Waals surface area contributed by atoms with Crippen LogP contribution in [0.5, 0.6) is 0 Å². The van der Waals surface area contributed by atoms with Gasteiger partial charge in [-0.2, -0.15) is 0 Å². The van der Waals surface area contributed by atoms with Crippen LogP contribution in [0.4, 0.5) is 0 Å². The van der Waals surface area contributed by atoms with Crippen LogP contribution in [0.1, 0.15) is 25.8 Å². The van der Waals surface area contributed by atoms with Crippen molar-refractivity contribution >= 4 is 21.4 Å². The summed E-state index contributed by atoms with van der Waals surface area (Å²) < 4.78 is 7.11. The predicted octanol–water partition coefficient (Wildman–Crippen LogP) is 3.85. The van der Waals surface area contributed by atoms with Crippen molar-refractivity contribution in [3.05, 3.63) is 35.2 Å². The zero-order valence-corrected chi connectivity index (χ0v) is 13.0. The highest BCUT2D eigenvalue weighted by atomic mass is 32.1. The number of fused-ring (bicyclic) bond motifs is 1. The average Bonchev–Trinajstić information content (AvgIpc) is 2.87. The first-order chi connectivity index (χ1) is 9.14. The Bertz CT molecular complexity index is 530. The van der Waals surface area contributed by atoms with E-state index in [1.165, 1.54) is 15.6 Å². The van der Waals surface area contributed by atoms with Crippen LogP contribution < -0.4 is 5.32 Å². The Morgan fingerprint density at radius 2 is 2.11 bits per heavy atom. The third-order valence-corrected chi connectivity index (χ3v) is 5.25.